The summed E-state index contributed by atoms with van der Waals surface area (Å²) in [6.45, 7) is 0. The maximum absolute atomic E-state index is 12.1. The van der Waals surface area contributed by atoms with E-state index in [4.69, 9.17) is 0 Å². The van der Waals surface area contributed by atoms with Crippen LogP contribution in [0.15, 0.2) is 42.5 Å². The van der Waals surface area contributed by atoms with E-state index in [-0.39, 0.29) is 45.6 Å². The van der Waals surface area contributed by atoms with Crippen molar-refractivity contribution in [3.63, 3.8) is 0 Å². The second-order valence-electron chi connectivity index (χ2n) is 6.53. The molecule has 1 N–H and O–H groups in total. The number of hydrogen-bond acceptors (Lipinski definition) is 5. The lowest BCUT2D eigenvalue weighted by Crippen LogP contribution is -2.11. The molecule has 0 amide bonds. The average Bonchev–Trinajstić information content (AvgIpc) is 2.73. The number of rotatable bonds is 5. The maximum Gasteiger partial charge on any atom is 0.337 e. The molecule has 0 aromatic heterocycles. The fourth-order valence-corrected chi connectivity index (χ4v) is 3.89. The van der Waals surface area contributed by atoms with Gasteiger partial charge in [-0.15, -0.1) is 0 Å². The van der Waals surface area contributed by atoms with Crippen LogP contribution in [0.1, 0.15) is 51.8 Å². The summed E-state index contributed by atoms with van der Waals surface area (Å²) < 4.78 is 0. The van der Waals surface area contributed by atoms with Gasteiger partial charge in [0.2, 0.25) is 0 Å². The highest BCUT2D eigenvalue weighted by Crippen LogP contribution is 2.36. The molecule has 0 saturated heterocycles. The number of carbonyl (C=O) groups excluding carboxylic acids is 4. The first-order valence-electron chi connectivity index (χ1n) is 8.58. The zero-order valence-corrected chi connectivity index (χ0v) is 14.8. The molecule has 0 saturated carbocycles. The van der Waals surface area contributed by atoms with Gasteiger partial charge < -0.3 is 5.11 Å². The lowest BCUT2D eigenvalue weighted by molar-refractivity contribution is 0.0695. The number of carbonyl (C=O) groups is 5. The topological polar surface area (TPSA) is 106 Å². The fraction of sp³-hybridized carbons (Fsp3) is 0. The Morgan fingerprint density at radius 1 is 0.655 bits per heavy atom. The van der Waals surface area contributed by atoms with Gasteiger partial charge >= 0.3 is 5.97 Å². The van der Waals surface area contributed by atoms with E-state index in [1.54, 1.807) is 12.1 Å². The van der Waals surface area contributed by atoms with Crippen LogP contribution in [0, 0.1) is 0 Å². The van der Waals surface area contributed by atoms with E-state index in [1.807, 2.05) is 24.3 Å². The van der Waals surface area contributed by atoms with Gasteiger partial charge in [-0.2, -0.15) is 0 Å². The molecular weight excluding hydrogens is 372 g/mol. The van der Waals surface area contributed by atoms with Gasteiger partial charge in [0, 0.05) is 27.6 Å². The minimum Gasteiger partial charge on any atom is -0.478 e. The number of aromatic carboxylic acids is 1. The van der Waals surface area contributed by atoms with Crippen molar-refractivity contribution in [3.8, 4) is 0 Å². The second-order valence-corrected chi connectivity index (χ2v) is 6.53. The highest BCUT2D eigenvalue weighted by molar-refractivity contribution is 6.26. The summed E-state index contributed by atoms with van der Waals surface area (Å²) in [4.78, 5) is 59.1. The van der Waals surface area contributed by atoms with Crippen molar-refractivity contribution in [2.75, 3.05) is 0 Å². The van der Waals surface area contributed by atoms with Gasteiger partial charge in [-0.05, 0) is 45.1 Å². The molecule has 0 aliphatic carbocycles. The number of hydrogen-bond donors (Lipinski definition) is 1. The highest BCUT2D eigenvalue weighted by Gasteiger charge is 2.25. The van der Waals surface area contributed by atoms with Crippen molar-refractivity contribution in [2.45, 2.75) is 0 Å². The Morgan fingerprint density at radius 3 is 1.76 bits per heavy atom. The quantitative estimate of drug-likeness (QED) is 0.410. The summed E-state index contributed by atoms with van der Waals surface area (Å²) in [6.07, 6.45) is 1.40. The zero-order valence-electron chi connectivity index (χ0n) is 14.8. The predicted molar refractivity (Wildman–Crippen MR) is 107 cm³/mol. The van der Waals surface area contributed by atoms with Gasteiger partial charge in [-0.1, -0.05) is 24.3 Å². The molecule has 4 rings (SSSR count). The second kappa shape index (κ2) is 6.76. The SMILES string of the molecule is O=Cc1c(C=O)c(C=O)c2c(C=O)c3cc4ccccc4cc3cc2c1C(=O)O. The zero-order chi connectivity index (χ0) is 20.7. The Kier molecular flexibility index (Phi) is 4.24. The standard InChI is InChI=1S/C23H12O6/c24-8-17-19(10-26)21-16(22(23(28)29)20(17)11-27)7-14-5-12-3-1-2-4-13(12)6-15(14)18(21)9-25/h1-11H,(H,28,29). The van der Waals surface area contributed by atoms with Gasteiger partial charge in [0.15, 0.2) is 25.1 Å². The first kappa shape index (κ1) is 18.2. The Balaban J connectivity index is 2.39. The van der Waals surface area contributed by atoms with Crippen molar-refractivity contribution >= 4 is 63.4 Å². The van der Waals surface area contributed by atoms with E-state index in [0.29, 0.717) is 23.3 Å². The van der Waals surface area contributed by atoms with Crippen LogP contribution < -0.4 is 0 Å². The van der Waals surface area contributed by atoms with Gasteiger partial charge in [0.25, 0.3) is 0 Å². The minimum absolute atomic E-state index is 0.0443. The molecule has 6 nitrogen and oxygen atoms in total. The molecule has 0 bridgehead atoms. The van der Waals surface area contributed by atoms with Crippen LogP contribution in [-0.4, -0.2) is 36.2 Å². The fourth-order valence-electron chi connectivity index (χ4n) is 3.89. The number of fused-ring (bicyclic) bond motifs is 3. The molecule has 0 radical (unpaired) electrons. The normalized spacial score (nSPS) is 10.9. The molecule has 0 unspecified atom stereocenters. The largest absolute Gasteiger partial charge is 0.478 e. The molecule has 0 aliphatic rings. The lowest BCUT2D eigenvalue weighted by atomic mass is 9.85. The molecule has 6 heteroatoms. The average molecular weight is 384 g/mol. The molecule has 29 heavy (non-hydrogen) atoms. The van der Waals surface area contributed by atoms with Crippen LogP contribution in [-0.2, 0) is 0 Å². The number of carboxylic acid groups (broad SMARTS) is 1. The third kappa shape index (κ3) is 2.54. The summed E-state index contributed by atoms with van der Waals surface area (Å²) in [6, 6.07) is 12.5. The Hall–Kier alpha value is -4.19. The molecule has 4 aromatic carbocycles. The molecule has 0 aliphatic heterocycles. The van der Waals surface area contributed by atoms with E-state index >= 15 is 0 Å². The van der Waals surface area contributed by atoms with E-state index in [0.717, 1.165) is 10.8 Å². The Morgan fingerprint density at radius 2 is 1.21 bits per heavy atom. The van der Waals surface area contributed by atoms with Gasteiger partial charge in [0.1, 0.15) is 0 Å². The van der Waals surface area contributed by atoms with Crippen LogP contribution in [0.2, 0.25) is 0 Å². The van der Waals surface area contributed by atoms with Gasteiger partial charge in [-0.25, -0.2) is 4.79 Å². The Labute approximate surface area is 163 Å². The minimum atomic E-state index is -1.44. The third-order valence-corrected chi connectivity index (χ3v) is 5.12. The first-order valence-corrected chi connectivity index (χ1v) is 8.58. The van der Waals surface area contributed by atoms with Crippen molar-refractivity contribution in [1.82, 2.24) is 0 Å². The summed E-state index contributed by atoms with van der Waals surface area (Å²) >= 11 is 0. The maximum atomic E-state index is 12.1. The third-order valence-electron chi connectivity index (χ3n) is 5.12. The van der Waals surface area contributed by atoms with Crippen molar-refractivity contribution in [1.29, 1.82) is 0 Å². The monoisotopic (exact) mass is 384 g/mol. The van der Waals surface area contributed by atoms with Crippen LogP contribution in [0.4, 0.5) is 0 Å². The van der Waals surface area contributed by atoms with E-state index in [1.165, 1.54) is 6.07 Å². The molecule has 0 heterocycles. The summed E-state index contributed by atoms with van der Waals surface area (Å²) in [5.41, 5.74) is -1.24. The lowest BCUT2D eigenvalue weighted by Gasteiger charge is -2.16. The first-order chi connectivity index (χ1) is 14.0. The predicted octanol–water partition coefficient (Wildman–Crippen LogP) is 4.09. The molecule has 0 atom stereocenters. The molecule has 140 valence electrons. The van der Waals surface area contributed by atoms with E-state index in [9.17, 15) is 29.1 Å². The molecule has 4 aromatic rings. The smallest absolute Gasteiger partial charge is 0.337 e. The van der Waals surface area contributed by atoms with E-state index < -0.39 is 11.5 Å². The van der Waals surface area contributed by atoms with Crippen molar-refractivity contribution < 1.29 is 29.1 Å². The van der Waals surface area contributed by atoms with Crippen LogP contribution in [0.25, 0.3) is 32.3 Å². The van der Waals surface area contributed by atoms with Crippen LogP contribution in [0.5, 0.6) is 0 Å². The Bertz CT molecular complexity index is 1400. The van der Waals surface area contributed by atoms with Crippen molar-refractivity contribution in [2.24, 2.45) is 0 Å². The van der Waals surface area contributed by atoms with Gasteiger partial charge in [0.05, 0.1) is 5.56 Å². The van der Waals surface area contributed by atoms with Crippen LogP contribution in [0.3, 0.4) is 0 Å². The number of aldehydes is 4. The van der Waals surface area contributed by atoms with Crippen LogP contribution >= 0.6 is 0 Å². The summed E-state index contributed by atoms with van der Waals surface area (Å²) in [7, 11) is 0. The summed E-state index contributed by atoms with van der Waals surface area (Å²) in [5.74, 6) is -1.44. The summed E-state index contributed by atoms with van der Waals surface area (Å²) in [5, 5.41) is 12.7. The highest BCUT2D eigenvalue weighted by atomic mass is 16.4. The number of benzene rings is 4. The number of carboxylic acids is 1. The molecule has 0 fully saturated rings. The molecule has 0 spiro atoms. The van der Waals surface area contributed by atoms with E-state index in [2.05, 4.69) is 0 Å². The van der Waals surface area contributed by atoms with Gasteiger partial charge in [-0.3, -0.25) is 19.2 Å². The van der Waals surface area contributed by atoms with Crippen molar-refractivity contribution in [3.05, 3.63) is 70.3 Å². The molecular formula is C23H12O6.